The molecule has 3 heterocycles. The number of rotatable bonds is 4. The van der Waals surface area contributed by atoms with E-state index in [-0.39, 0.29) is 12.6 Å². The van der Waals surface area contributed by atoms with Gasteiger partial charge in [-0.25, -0.2) is 14.2 Å². The Bertz CT molecular complexity index is 920. The van der Waals surface area contributed by atoms with E-state index in [1.165, 1.54) is 17.3 Å². The summed E-state index contributed by atoms with van der Waals surface area (Å²) in [4.78, 5) is 20.2. The van der Waals surface area contributed by atoms with Crippen molar-refractivity contribution in [3.05, 3.63) is 77.9 Å². The highest BCUT2D eigenvalue weighted by molar-refractivity contribution is 5.89. The lowest BCUT2D eigenvalue weighted by Crippen LogP contribution is -2.28. The molecule has 3 aromatic rings. The maximum Gasteiger partial charge on any atom is 0.319 e. The highest BCUT2D eigenvalue weighted by Crippen LogP contribution is 2.30. The number of nitrogens with one attached hydrogen (secondary N) is 2. The number of fused-ring (bicyclic) bond motifs is 1. The van der Waals surface area contributed by atoms with E-state index in [2.05, 4.69) is 25.2 Å². The van der Waals surface area contributed by atoms with Crippen LogP contribution in [0.4, 0.5) is 14.9 Å². The molecule has 1 aliphatic rings. The van der Waals surface area contributed by atoms with Crippen molar-refractivity contribution in [1.82, 2.24) is 19.9 Å². The van der Waals surface area contributed by atoms with E-state index in [4.69, 9.17) is 0 Å². The Kier molecular flexibility index (Phi) is 4.82. The molecular formula is C20H20FN5O. The van der Waals surface area contributed by atoms with Gasteiger partial charge in [-0.1, -0.05) is 12.1 Å². The number of anilines is 1. The van der Waals surface area contributed by atoms with Crippen LogP contribution in [0.1, 0.15) is 35.8 Å². The Morgan fingerprint density at radius 3 is 2.81 bits per heavy atom. The zero-order chi connectivity index (χ0) is 18.6. The van der Waals surface area contributed by atoms with Gasteiger partial charge in [-0.3, -0.25) is 4.98 Å². The molecule has 0 fully saturated rings. The SMILES string of the molecule is O=C(NCc1ccc(F)cn1)Nc1ccc([C@H]2CCCc3cncn32)cc1. The van der Waals surface area contributed by atoms with Crippen molar-refractivity contribution < 1.29 is 9.18 Å². The van der Waals surface area contributed by atoms with Crippen LogP contribution < -0.4 is 10.6 Å². The molecule has 0 unspecified atom stereocenters. The Morgan fingerprint density at radius 2 is 2.04 bits per heavy atom. The summed E-state index contributed by atoms with van der Waals surface area (Å²) in [6, 6.07) is 10.7. The number of urea groups is 1. The summed E-state index contributed by atoms with van der Waals surface area (Å²) in [5, 5.41) is 5.50. The van der Waals surface area contributed by atoms with Crippen LogP contribution in [0.25, 0.3) is 0 Å². The summed E-state index contributed by atoms with van der Waals surface area (Å²) in [7, 11) is 0. The largest absolute Gasteiger partial charge is 0.332 e. The van der Waals surface area contributed by atoms with Gasteiger partial charge in [0.1, 0.15) is 5.82 Å². The minimum atomic E-state index is -0.399. The van der Waals surface area contributed by atoms with Gasteiger partial charge in [-0.2, -0.15) is 0 Å². The van der Waals surface area contributed by atoms with Crippen molar-refractivity contribution >= 4 is 11.7 Å². The first kappa shape index (κ1) is 17.2. The van der Waals surface area contributed by atoms with Crippen molar-refractivity contribution in [2.24, 2.45) is 0 Å². The third-order valence-corrected chi connectivity index (χ3v) is 4.76. The minimum Gasteiger partial charge on any atom is -0.332 e. The number of aromatic nitrogens is 3. The number of hydrogen-bond donors (Lipinski definition) is 2. The number of imidazole rings is 1. The van der Waals surface area contributed by atoms with Crippen LogP contribution in [0.5, 0.6) is 0 Å². The number of pyridine rings is 1. The molecule has 0 bridgehead atoms. The van der Waals surface area contributed by atoms with Crippen LogP contribution in [0, 0.1) is 5.82 Å². The average molecular weight is 365 g/mol. The number of amides is 2. The van der Waals surface area contributed by atoms with Crippen LogP contribution in [0.3, 0.4) is 0 Å². The summed E-state index contributed by atoms with van der Waals surface area (Å²) in [5.41, 5.74) is 3.78. The average Bonchev–Trinajstić information content (AvgIpc) is 3.17. The second kappa shape index (κ2) is 7.57. The van der Waals surface area contributed by atoms with E-state index < -0.39 is 5.82 Å². The van der Waals surface area contributed by atoms with Crippen molar-refractivity contribution in [3.63, 3.8) is 0 Å². The topological polar surface area (TPSA) is 71.8 Å². The summed E-state index contributed by atoms with van der Waals surface area (Å²) >= 11 is 0. The molecule has 0 radical (unpaired) electrons. The Hall–Kier alpha value is -3.22. The molecule has 1 atom stereocenters. The smallest absolute Gasteiger partial charge is 0.319 e. The second-order valence-corrected chi connectivity index (χ2v) is 6.60. The third-order valence-electron chi connectivity index (χ3n) is 4.76. The highest BCUT2D eigenvalue weighted by atomic mass is 19.1. The number of aryl methyl sites for hydroxylation is 1. The molecule has 1 aromatic carbocycles. The molecule has 27 heavy (non-hydrogen) atoms. The fraction of sp³-hybridized carbons (Fsp3) is 0.250. The van der Waals surface area contributed by atoms with Gasteiger partial charge in [0.25, 0.3) is 0 Å². The van der Waals surface area contributed by atoms with E-state index in [1.807, 2.05) is 36.8 Å². The second-order valence-electron chi connectivity index (χ2n) is 6.60. The highest BCUT2D eigenvalue weighted by Gasteiger charge is 2.20. The predicted molar refractivity (Wildman–Crippen MR) is 99.8 cm³/mol. The predicted octanol–water partition coefficient (Wildman–Crippen LogP) is 3.66. The summed E-state index contributed by atoms with van der Waals surface area (Å²) in [6.07, 6.45) is 8.26. The molecule has 0 saturated carbocycles. The zero-order valence-corrected chi connectivity index (χ0v) is 14.7. The minimum absolute atomic E-state index is 0.232. The van der Waals surface area contributed by atoms with E-state index in [0.29, 0.717) is 17.4 Å². The van der Waals surface area contributed by atoms with Gasteiger partial charge in [0, 0.05) is 17.6 Å². The van der Waals surface area contributed by atoms with Crippen LogP contribution in [-0.4, -0.2) is 20.6 Å². The van der Waals surface area contributed by atoms with Crippen LogP contribution in [-0.2, 0) is 13.0 Å². The van der Waals surface area contributed by atoms with Gasteiger partial charge in [-0.15, -0.1) is 0 Å². The van der Waals surface area contributed by atoms with Crippen LogP contribution in [0.15, 0.2) is 55.1 Å². The Labute approximate surface area is 156 Å². The van der Waals surface area contributed by atoms with Crippen LogP contribution >= 0.6 is 0 Å². The summed E-state index contributed by atoms with van der Waals surface area (Å²) in [6.45, 7) is 0.232. The number of carbonyl (C=O) groups is 1. The lowest BCUT2D eigenvalue weighted by molar-refractivity contribution is 0.251. The first-order chi connectivity index (χ1) is 13.2. The fourth-order valence-electron chi connectivity index (χ4n) is 3.39. The molecule has 0 saturated heterocycles. The van der Waals surface area contributed by atoms with Crippen molar-refractivity contribution in [3.8, 4) is 0 Å². The van der Waals surface area contributed by atoms with Crippen LogP contribution in [0.2, 0.25) is 0 Å². The molecule has 0 spiro atoms. The number of halogens is 1. The molecule has 2 N–H and O–H groups in total. The molecule has 2 amide bonds. The van der Waals surface area contributed by atoms with Gasteiger partial charge in [0.15, 0.2) is 0 Å². The summed E-state index contributed by atoms with van der Waals surface area (Å²) in [5.74, 6) is -0.399. The van der Waals surface area contributed by atoms with Gasteiger partial charge >= 0.3 is 6.03 Å². The maximum atomic E-state index is 12.8. The van der Waals surface area contributed by atoms with Gasteiger partial charge in [0.2, 0.25) is 0 Å². The third kappa shape index (κ3) is 3.97. The van der Waals surface area contributed by atoms with E-state index >= 15 is 0 Å². The van der Waals surface area contributed by atoms with Crippen molar-refractivity contribution in [1.29, 1.82) is 0 Å². The quantitative estimate of drug-likeness (QED) is 0.741. The Balaban J connectivity index is 1.35. The number of carbonyl (C=O) groups excluding carboxylic acids is 1. The molecule has 138 valence electrons. The number of benzene rings is 1. The van der Waals surface area contributed by atoms with E-state index in [1.54, 1.807) is 6.07 Å². The first-order valence-electron chi connectivity index (χ1n) is 8.95. The van der Waals surface area contributed by atoms with Crippen molar-refractivity contribution in [2.45, 2.75) is 31.8 Å². The molecule has 4 rings (SSSR count). The fourth-order valence-corrected chi connectivity index (χ4v) is 3.39. The number of nitrogens with zero attached hydrogens (tertiary/aromatic N) is 3. The monoisotopic (exact) mass is 365 g/mol. The lowest BCUT2D eigenvalue weighted by Gasteiger charge is -2.26. The van der Waals surface area contributed by atoms with Gasteiger partial charge in [0.05, 0.1) is 30.8 Å². The molecule has 2 aromatic heterocycles. The maximum absolute atomic E-state index is 12.8. The molecule has 6 nitrogen and oxygen atoms in total. The normalized spacial score (nSPS) is 15.8. The Morgan fingerprint density at radius 1 is 1.19 bits per heavy atom. The van der Waals surface area contributed by atoms with Gasteiger partial charge in [-0.05, 0) is 49.1 Å². The standard InChI is InChI=1S/C20H20FN5O/c21-15-6-9-17(23-10-15)11-24-20(27)25-16-7-4-14(5-8-16)19-3-1-2-18-12-22-13-26(18)19/h4-10,12-13,19H,1-3,11H2,(H2,24,25,27)/t19-/m1/s1. The molecule has 1 aliphatic heterocycles. The van der Waals surface area contributed by atoms with E-state index in [9.17, 15) is 9.18 Å². The number of hydrogen-bond acceptors (Lipinski definition) is 3. The van der Waals surface area contributed by atoms with Crippen molar-refractivity contribution in [2.75, 3.05) is 5.32 Å². The molecular weight excluding hydrogens is 345 g/mol. The molecule has 7 heteroatoms. The van der Waals surface area contributed by atoms with E-state index in [0.717, 1.165) is 25.5 Å². The first-order valence-corrected chi connectivity index (χ1v) is 8.95. The molecule has 0 aliphatic carbocycles. The zero-order valence-electron chi connectivity index (χ0n) is 14.7. The van der Waals surface area contributed by atoms with Gasteiger partial charge < -0.3 is 15.2 Å². The summed E-state index contributed by atoms with van der Waals surface area (Å²) < 4.78 is 15.1. The lowest BCUT2D eigenvalue weighted by atomic mass is 9.96.